The normalized spacial score (nSPS) is 22.6. The molecule has 3 N–H and O–H groups in total. The van der Waals surface area contributed by atoms with Crippen LogP contribution in [0.3, 0.4) is 0 Å². The number of carbonyl (C=O) groups is 2. The van der Waals surface area contributed by atoms with Crippen molar-refractivity contribution in [2.24, 2.45) is 0 Å². The minimum Gasteiger partial charge on any atom is -0.348 e. The van der Waals surface area contributed by atoms with Gasteiger partial charge in [0.1, 0.15) is 0 Å². The molecular formula is C26H34FN3O3. The highest BCUT2D eigenvalue weighted by Gasteiger charge is 2.72. The Labute approximate surface area is 195 Å². The predicted molar refractivity (Wildman–Crippen MR) is 126 cm³/mol. The average molecular weight is 456 g/mol. The van der Waals surface area contributed by atoms with Gasteiger partial charge in [0.25, 0.3) is 11.8 Å². The summed E-state index contributed by atoms with van der Waals surface area (Å²) in [6.45, 7) is 9.06. The molecule has 0 aromatic heterocycles. The maximum absolute atomic E-state index is 15.6. The molecule has 6 nitrogen and oxygen atoms in total. The van der Waals surface area contributed by atoms with Gasteiger partial charge in [-0.3, -0.25) is 14.8 Å². The fraction of sp³-hybridized carbons (Fsp3) is 0.462. The molecule has 1 aliphatic rings. The lowest BCUT2D eigenvalue weighted by Crippen LogP contribution is -2.42. The highest BCUT2D eigenvalue weighted by Crippen LogP contribution is 2.66. The molecule has 1 saturated carbocycles. The van der Waals surface area contributed by atoms with E-state index in [0.717, 1.165) is 32.5 Å². The Balaban J connectivity index is 1.70. The van der Waals surface area contributed by atoms with Crippen LogP contribution >= 0.6 is 0 Å². The smallest absolute Gasteiger partial charge is 0.282 e. The zero-order chi connectivity index (χ0) is 24.0. The van der Waals surface area contributed by atoms with Gasteiger partial charge in [-0.05, 0) is 56.1 Å². The number of amides is 2. The molecule has 1 fully saturated rings. The number of benzene rings is 2. The molecule has 0 heterocycles. The Bertz CT molecular complexity index is 932. The van der Waals surface area contributed by atoms with E-state index in [4.69, 9.17) is 5.21 Å². The summed E-state index contributed by atoms with van der Waals surface area (Å²) in [6.07, 6.45) is 2.13. The minimum atomic E-state index is -2.24. The zero-order valence-corrected chi connectivity index (χ0v) is 19.6. The number of hydrogen-bond acceptors (Lipinski definition) is 4. The number of nitrogens with one attached hydrogen (secondary N) is 2. The second-order valence-corrected chi connectivity index (χ2v) is 8.87. The van der Waals surface area contributed by atoms with E-state index in [-0.39, 0.29) is 11.9 Å². The Morgan fingerprint density at radius 3 is 2.06 bits per heavy atom. The van der Waals surface area contributed by atoms with E-state index in [1.54, 1.807) is 48.5 Å². The molecule has 0 bridgehead atoms. The quantitative estimate of drug-likeness (QED) is 0.353. The monoisotopic (exact) mass is 455 g/mol. The van der Waals surface area contributed by atoms with Crippen molar-refractivity contribution in [2.75, 3.05) is 19.6 Å². The molecule has 4 atom stereocenters. The topological polar surface area (TPSA) is 81.7 Å². The van der Waals surface area contributed by atoms with Gasteiger partial charge in [0.2, 0.25) is 5.67 Å². The summed E-state index contributed by atoms with van der Waals surface area (Å²) in [5.74, 6) is -2.67. The third-order valence-electron chi connectivity index (χ3n) is 6.26. The summed E-state index contributed by atoms with van der Waals surface area (Å²) in [6, 6.07) is 15.6. The van der Waals surface area contributed by atoms with Crippen molar-refractivity contribution in [2.45, 2.75) is 57.2 Å². The van der Waals surface area contributed by atoms with Crippen LogP contribution in [0.25, 0.3) is 0 Å². The van der Waals surface area contributed by atoms with Gasteiger partial charge in [0.15, 0.2) is 0 Å². The average Bonchev–Trinajstić information content (AvgIpc) is 3.46. The third-order valence-corrected chi connectivity index (χ3v) is 6.26. The van der Waals surface area contributed by atoms with Crippen LogP contribution in [0.5, 0.6) is 0 Å². The first-order valence-electron chi connectivity index (χ1n) is 11.7. The van der Waals surface area contributed by atoms with E-state index in [1.165, 1.54) is 5.48 Å². The highest BCUT2D eigenvalue weighted by molar-refractivity contribution is 5.95. The molecular weight excluding hydrogens is 421 g/mol. The van der Waals surface area contributed by atoms with E-state index in [9.17, 15) is 9.59 Å². The largest absolute Gasteiger partial charge is 0.348 e. The van der Waals surface area contributed by atoms with Crippen molar-refractivity contribution in [3.8, 4) is 0 Å². The number of halogens is 1. The summed E-state index contributed by atoms with van der Waals surface area (Å²) in [7, 11) is 0. The van der Waals surface area contributed by atoms with Crippen molar-refractivity contribution in [3.63, 3.8) is 0 Å². The number of hydrogen-bond donors (Lipinski definition) is 3. The van der Waals surface area contributed by atoms with Crippen LogP contribution in [0.1, 0.15) is 66.9 Å². The maximum Gasteiger partial charge on any atom is 0.282 e. The van der Waals surface area contributed by atoms with Crippen LogP contribution in [0.15, 0.2) is 54.6 Å². The SMILES string of the molecule is CCCN(CCC)C[C@H](C)NC(=O)c1ccc([C@@H]2[C@@H](c3ccccc3)[C@]2(F)C(=O)NO)cc1. The first-order chi connectivity index (χ1) is 15.9. The van der Waals surface area contributed by atoms with Crippen LogP contribution in [0.4, 0.5) is 4.39 Å². The number of hydroxylamine groups is 1. The van der Waals surface area contributed by atoms with E-state index >= 15 is 4.39 Å². The number of alkyl halides is 1. The number of carbonyl (C=O) groups excluding carboxylic acids is 2. The molecule has 33 heavy (non-hydrogen) atoms. The first-order valence-corrected chi connectivity index (χ1v) is 11.7. The van der Waals surface area contributed by atoms with Gasteiger partial charge in [-0.25, -0.2) is 9.87 Å². The molecule has 178 valence electrons. The summed E-state index contributed by atoms with van der Waals surface area (Å²) in [5.41, 5.74) is 1.01. The van der Waals surface area contributed by atoms with Gasteiger partial charge in [-0.1, -0.05) is 56.3 Å². The molecule has 0 spiro atoms. The lowest BCUT2D eigenvalue weighted by molar-refractivity contribution is -0.136. The summed E-state index contributed by atoms with van der Waals surface area (Å²) >= 11 is 0. The molecule has 0 aliphatic heterocycles. The van der Waals surface area contributed by atoms with E-state index in [1.807, 2.05) is 13.0 Å². The Morgan fingerprint density at radius 1 is 1.00 bits per heavy atom. The van der Waals surface area contributed by atoms with E-state index in [0.29, 0.717) is 16.7 Å². The van der Waals surface area contributed by atoms with Crippen molar-refractivity contribution in [1.29, 1.82) is 0 Å². The van der Waals surface area contributed by atoms with Crippen molar-refractivity contribution in [3.05, 3.63) is 71.3 Å². The van der Waals surface area contributed by atoms with Gasteiger partial charge in [-0.15, -0.1) is 0 Å². The summed E-state index contributed by atoms with van der Waals surface area (Å²) in [5, 5.41) is 12.1. The van der Waals surface area contributed by atoms with Gasteiger partial charge in [0, 0.05) is 30.0 Å². The minimum absolute atomic E-state index is 0.00656. The van der Waals surface area contributed by atoms with Gasteiger partial charge >= 0.3 is 0 Å². The standard InChI is InChI=1S/C26H34FN3O3/c1-4-15-30(16-5-2)17-18(3)28-24(31)21-13-11-20(12-14-21)23-22(19-9-7-6-8-10-19)26(23,27)25(32)29-33/h6-14,18,22-23,33H,4-5,15-17H2,1-3H3,(H,28,31)(H,29,32)/t18-,22+,23+,26+/m0/s1. The predicted octanol–water partition coefficient (Wildman–Crippen LogP) is 4.02. The van der Waals surface area contributed by atoms with E-state index in [2.05, 4.69) is 24.1 Å². The fourth-order valence-corrected chi connectivity index (χ4v) is 4.76. The van der Waals surface area contributed by atoms with Crippen molar-refractivity contribution < 1.29 is 19.2 Å². The molecule has 7 heteroatoms. The summed E-state index contributed by atoms with van der Waals surface area (Å²) < 4.78 is 15.6. The highest BCUT2D eigenvalue weighted by atomic mass is 19.1. The Morgan fingerprint density at radius 2 is 1.55 bits per heavy atom. The summed E-state index contributed by atoms with van der Waals surface area (Å²) in [4.78, 5) is 27.2. The van der Waals surface area contributed by atoms with Crippen molar-refractivity contribution >= 4 is 11.8 Å². The molecule has 2 aromatic carbocycles. The van der Waals surface area contributed by atoms with Crippen LogP contribution < -0.4 is 10.8 Å². The lowest BCUT2D eigenvalue weighted by atomic mass is 10.0. The van der Waals surface area contributed by atoms with Gasteiger partial charge < -0.3 is 10.2 Å². The van der Waals surface area contributed by atoms with Gasteiger partial charge in [0.05, 0.1) is 0 Å². The van der Waals surface area contributed by atoms with Crippen molar-refractivity contribution in [1.82, 2.24) is 15.7 Å². The fourth-order valence-electron chi connectivity index (χ4n) is 4.76. The van der Waals surface area contributed by atoms with Crippen LogP contribution in [-0.2, 0) is 4.79 Å². The van der Waals surface area contributed by atoms with Gasteiger partial charge in [-0.2, -0.15) is 0 Å². The molecule has 0 saturated heterocycles. The lowest BCUT2D eigenvalue weighted by Gasteiger charge is -2.25. The molecule has 0 unspecified atom stereocenters. The Kier molecular flexibility index (Phi) is 8.21. The molecule has 0 radical (unpaired) electrons. The van der Waals surface area contributed by atoms with E-state index < -0.39 is 23.4 Å². The third kappa shape index (κ3) is 5.42. The zero-order valence-electron chi connectivity index (χ0n) is 19.6. The number of nitrogens with zero attached hydrogens (tertiary/aromatic N) is 1. The second-order valence-electron chi connectivity index (χ2n) is 8.87. The second kappa shape index (κ2) is 10.9. The Hall–Kier alpha value is -2.77. The molecule has 1 aliphatic carbocycles. The molecule has 3 rings (SSSR count). The first kappa shape index (κ1) is 24.9. The number of rotatable bonds is 11. The maximum atomic E-state index is 15.6. The van der Waals surface area contributed by atoms with Crippen LogP contribution in [-0.4, -0.2) is 53.3 Å². The van der Waals surface area contributed by atoms with Crippen LogP contribution in [0, 0.1) is 0 Å². The molecule has 2 aromatic rings. The molecule has 2 amide bonds. The van der Waals surface area contributed by atoms with Crippen LogP contribution in [0.2, 0.25) is 0 Å².